The van der Waals surface area contributed by atoms with Crippen LogP contribution in [0, 0.1) is 0 Å². The maximum absolute atomic E-state index is 8.00. The molecule has 2 aromatic heterocycles. The van der Waals surface area contributed by atoms with E-state index in [9.17, 15) is 0 Å². The molecule has 6 aliphatic rings. The molecule has 2 aromatic rings. The van der Waals surface area contributed by atoms with Crippen molar-refractivity contribution in [2.24, 2.45) is 0 Å². The number of pyridine rings is 2. The fourth-order valence-electron chi connectivity index (χ4n) is 9.90. The van der Waals surface area contributed by atoms with Crippen LogP contribution in [0.4, 0.5) is 0 Å². The number of halogens is 2. The molecular weight excluding hydrogens is 929 g/mol. The number of carbonyl (C=O) groups is 1. The number of aromatic nitrogens is 2. The molecule has 4 bridgehead atoms. The normalized spacial score (nSPS) is 28.7. The van der Waals surface area contributed by atoms with Crippen molar-refractivity contribution >= 4 is 27.0 Å². The molecule has 4 fully saturated rings. The van der Waals surface area contributed by atoms with Gasteiger partial charge in [-0.25, -0.2) is 0 Å². The third-order valence-electron chi connectivity index (χ3n) is 12.9. The minimum absolute atomic E-state index is 0. The van der Waals surface area contributed by atoms with Crippen molar-refractivity contribution in [2.75, 3.05) is 33.0 Å². The van der Waals surface area contributed by atoms with Gasteiger partial charge >= 0.3 is 33.3 Å². The molecule has 0 aromatic carbocycles. The van der Waals surface area contributed by atoms with Gasteiger partial charge in [0.05, 0.1) is 22.8 Å². The zero-order valence-electron chi connectivity index (χ0n) is 37.2. The van der Waals surface area contributed by atoms with E-state index < -0.39 is 6.79 Å². The molecule has 15 nitrogen and oxygen atoms in total. The van der Waals surface area contributed by atoms with Crippen LogP contribution in [0.25, 0.3) is 0 Å². The Kier molecular flexibility index (Phi) is 35.4. The summed E-state index contributed by atoms with van der Waals surface area (Å²) >= 11 is 0.00694. The Bertz CT molecular complexity index is 1230. The van der Waals surface area contributed by atoms with E-state index in [1.54, 1.807) is 0 Å². The molecule has 0 amide bonds. The van der Waals surface area contributed by atoms with Crippen LogP contribution < -0.4 is 42.5 Å². The van der Waals surface area contributed by atoms with Gasteiger partial charge in [0.1, 0.15) is 13.6 Å². The molecule has 63 heavy (non-hydrogen) atoms. The molecule has 2 unspecified atom stereocenters. The van der Waals surface area contributed by atoms with Crippen LogP contribution in [-0.4, -0.2) is 119 Å². The maximum atomic E-state index is 8.00. The van der Waals surface area contributed by atoms with Crippen LogP contribution in [0.5, 0.6) is 0 Å². The van der Waals surface area contributed by atoms with Gasteiger partial charge in [-0.3, -0.25) is 9.97 Å². The van der Waals surface area contributed by atoms with E-state index in [0.29, 0.717) is 48.3 Å². The van der Waals surface area contributed by atoms with E-state index in [1.165, 1.54) is 126 Å². The van der Waals surface area contributed by atoms with E-state index in [2.05, 4.69) is 78.9 Å². The summed E-state index contributed by atoms with van der Waals surface area (Å²) in [6.45, 7) is 9.02. The average Bonchev–Trinajstić information content (AvgIpc) is 3.29. The smallest absolute Gasteiger partial charge is 0.0545 e. The predicted octanol–water partition coefficient (Wildman–Crippen LogP) is 2.62. The Hall–Kier alpha value is -0.891. The fourth-order valence-corrected chi connectivity index (χ4v) is 9.90. The van der Waals surface area contributed by atoms with Gasteiger partial charge in [0, 0.05) is 118 Å². The first-order valence-electron chi connectivity index (χ1n) is 22.7. The second-order valence-electron chi connectivity index (χ2n) is 16.8. The number of hydrogen-bond donors (Lipinski definition) is 10. The Morgan fingerprint density at radius 1 is 0.460 bits per heavy atom. The second-order valence-corrected chi connectivity index (χ2v) is 18.7. The Morgan fingerprint density at radius 2 is 0.635 bits per heavy atom. The molecule has 19 heteroatoms. The average molecular weight is 1010 g/mol. The van der Waals surface area contributed by atoms with Crippen molar-refractivity contribution in [3.05, 3.63) is 59.2 Å². The SMILES string of the molecule is C=O.O.O.OCO.[Cl][Mn][Cl].[Mn].c1cc2nc(c1)CN[C@@H]1CCCC[C@H]1NCCNC1CCCC[C@H]1NC2.c1cc2nc(c1)CN[C@@H]1CCCC[C@H]1NCCNC1CCCC[C@H]1NC2. The summed E-state index contributed by atoms with van der Waals surface area (Å²) in [6.07, 6.45) is 21.0. The van der Waals surface area contributed by atoms with Crippen molar-refractivity contribution in [1.29, 1.82) is 0 Å². The summed E-state index contributed by atoms with van der Waals surface area (Å²) in [5, 5.41) is 44.7. The third kappa shape index (κ3) is 22.6. The van der Waals surface area contributed by atoms with Crippen molar-refractivity contribution in [3.63, 3.8) is 0 Å². The number of aliphatic hydroxyl groups excluding tert-OH is 1. The third-order valence-corrected chi connectivity index (χ3v) is 12.9. The Labute approximate surface area is 402 Å². The number of rotatable bonds is 0. The molecule has 4 heterocycles. The molecule has 0 spiro atoms. The van der Waals surface area contributed by atoms with E-state index in [-0.39, 0.29) is 41.2 Å². The van der Waals surface area contributed by atoms with Crippen molar-refractivity contribution in [3.8, 4) is 0 Å². The molecule has 1 radical (unpaired) electrons. The Morgan fingerprint density at radius 3 is 0.825 bits per heavy atom. The van der Waals surface area contributed by atoms with Crippen LogP contribution in [-0.2, 0) is 61.2 Å². The molecule has 364 valence electrons. The van der Waals surface area contributed by atoms with Crippen molar-refractivity contribution < 1.29 is 56.2 Å². The van der Waals surface area contributed by atoms with Gasteiger partial charge in [-0.05, 0) is 75.6 Å². The van der Waals surface area contributed by atoms with Gasteiger partial charge in [-0.2, -0.15) is 0 Å². The molecular formula is C44H80Cl2Mn2N10O5. The Balaban J connectivity index is 0.000000520. The molecule has 8 rings (SSSR count). The molecule has 14 N–H and O–H groups in total. The fraction of sp³-hybridized carbons (Fsp3) is 0.750. The zero-order valence-corrected chi connectivity index (χ0v) is 41.0. The van der Waals surface area contributed by atoms with Gasteiger partial charge in [-0.1, -0.05) is 63.5 Å². The summed E-state index contributed by atoms with van der Waals surface area (Å²) in [5.41, 5.74) is 4.67. The standard InChI is InChI=1S/2C21H35N5.CH4O2.CH2O.2ClH.2Mn.2H2O/c2*1-3-10-20-18(8-1)22-12-13-23-19-9-2-4-11-21(19)25-15-17-7-5-6-16(26-17)14-24-20;2-1-3;1-2;;;;;;/h2*5-7,18-25H,1-4,8-15H2;2-3H,1H2;1H2;2*1H;;;2*1H2/q;;;;;;;+2;;/p-2/t2*18-,19?,20-,21-;;;;;;;;/m11......../s1. The molecule has 8 atom stereocenters. The molecule has 4 aliphatic carbocycles. The number of nitrogens with zero attached hydrogens (tertiary/aromatic N) is 2. The molecule has 0 saturated heterocycles. The summed E-state index contributed by atoms with van der Waals surface area (Å²) in [7, 11) is 9.59. The first-order chi connectivity index (χ1) is 29.6. The number of carbonyl (C=O) groups excluding carboxylic acids is 1. The monoisotopic (exact) mass is 1010 g/mol. The van der Waals surface area contributed by atoms with Gasteiger partial charge < -0.3 is 68.5 Å². The van der Waals surface area contributed by atoms with Crippen molar-refractivity contribution in [1.82, 2.24) is 52.5 Å². The van der Waals surface area contributed by atoms with E-state index in [1.807, 2.05) is 6.79 Å². The number of hydrogen-bond acceptors (Lipinski definition) is 13. The summed E-state index contributed by atoms with van der Waals surface area (Å²) in [4.78, 5) is 17.8. The largest absolute Gasteiger partial charge is 0.311 e. The van der Waals surface area contributed by atoms with Crippen LogP contribution in [0.3, 0.4) is 0 Å². The van der Waals surface area contributed by atoms with Gasteiger partial charge in [0.2, 0.25) is 0 Å². The zero-order chi connectivity index (χ0) is 42.6. The number of aliphatic hydroxyl groups is 2. The first kappa shape index (κ1) is 60.1. The maximum Gasteiger partial charge on any atom is 0.0545 e. The predicted molar refractivity (Wildman–Crippen MR) is 247 cm³/mol. The number of nitrogens with one attached hydrogen (secondary N) is 8. The van der Waals surface area contributed by atoms with Crippen LogP contribution >= 0.6 is 20.2 Å². The van der Waals surface area contributed by atoms with Gasteiger partial charge in [0.15, 0.2) is 0 Å². The molecule has 2 aliphatic heterocycles. The van der Waals surface area contributed by atoms with Crippen LogP contribution in [0.2, 0.25) is 0 Å². The van der Waals surface area contributed by atoms with E-state index >= 15 is 0 Å². The van der Waals surface area contributed by atoms with Crippen LogP contribution in [0.1, 0.15) is 126 Å². The minimum Gasteiger partial charge on any atom is -0.311 e. The molecule has 4 saturated carbocycles. The van der Waals surface area contributed by atoms with E-state index in [0.717, 1.165) is 52.4 Å². The van der Waals surface area contributed by atoms with Crippen LogP contribution in [0.15, 0.2) is 36.4 Å². The van der Waals surface area contributed by atoms with Crippen molar-refractivity contribution in [2.45, 2.75) is 177 Å². The number of fused-ring (bicyclic) bond motifs is 8. The van der Waals surface area contributed by atoms with Gasteiger partial charge in [-0.15, -0.1) is 0 Å². The summed E-state index contributed by atoms with van der Waals surface area (Å²) < 4.78 is 0. The van der Waals surface area contributed by atoms with E-state index in [4.69, 9.17) is 45.2 Å². The summed E-state index contributed by atoms with van der Waals surface area (Å²) in [5.74, 6) is 0. The topological polar surface area (TPSA) is 243 Å². The second kappa shape index (κ2) is 37.1. The summed E-state index contributed by atoms with van der Waals surface area (Å²) in [6, 6.07) is 17.6. The quantitative estimate of drug-likeness (QED) is 0.135. The minimum atomic E-state index is -0.750. The first-order valence-corrected chi connectivity index (χ1v) is 26.0. The van der Waals surface area contributed by atoms with Gasteiger partial charge in [0.25, 0.3) is 0 Å².